The number of hydrogen-bond donors (Lipinski definition) is 3. The van der Waals surface area contributed by atoms with Crippen LogP contribution in [0.1, 0.15) is 5.56 Å². The molecule has 1 aromatic rings. The molecular weight excluding hydrogens is 250 g/mol. The largest absolute Gasteiger partial charge is 0.479 e. The third-order valence-electron chi connectivity index (χ3n) is 2.40. The molecule has 0 unspecified atom stereocenters. The second kappa shape index (κ2) is 6.37. The number of aliphatic hydroxyl groups excluding tert-OH is 1. The second-order valence-corrected chi connectivity index (χ2v) is 3.76. The van der Waals surface area contributed by atoms with E-state index in [2.05, 4.69) is 5.32 Å². The summed E-state index contributed by atoms with van der Waals surface area (Å²) in [5.74, 6) is -1.41. The number of carboxylic acid groups (broad SMARTS) is 1. The number of benzene rings is 1. The molecule has 0 spiro atoms. The maximum absolute atomic E-state index is 11.7. The molecule has 3 N–H and O–H groups in total. The fourth-order valence-electron chi connectivity index (χ4n) is 1.29. The lowest BCUT2D eigenvalue weighted by Gasteiger charge is -2.18. The molecule has 0 saturated carbocycles. The smallest absolute Gasteiger partial charge is 0.334 e. The highest BCUT2D eigenvalue weighted by atomic mass is 16.4. The van der Waals surface area contributed by atoms with E-state index in [0.717, 1.165) is 0 Å². The first kappa shape index (κ1) is 14.5. The lowest BCUT2D eigenvalue weighted by molar-refractivity contribution is -0.146. The quantitative estimate of drug-likeness (QED) is 0.715. The number of carbonyl (C=O) groups is 2. The van der Waals surface area contributed by atoms with Crippen LogP contribution >= 0.6 is 0 Å². The molecule has 0 aliphatic carbocycles. The maximum Gasteiger partial charge on any atom is 0.334 e. The molecule has 19 heavy (non-hydrogen) atoms. The Morgan fingerprint density at radius 1 is 1.53 bits per heavy atom. The number of rotatable bonds is 4. The number of nitrogens with one attached hydrogen (secondary N) is 1. The average Bonchev–Trinajstić information content (AvgIpc) is 2.43. The SMILES string of the molecule is CN(C(=O)NC[C@H](O)C(=O)O)c1cccc(C#N)c1. The zero-order valence-electron chi connectivity index (χ0n) is 10.2. The van der Waals surface area contributed by atoms with Crippen LogP contribution in [0.5, 0.6) is 0 Å². The van der Waals surface area contributed by atoms with Gasteiger partial charge in [0.05, 0.1) is 18.2 Å². The van der Waals surface area contributed by atoms with Gasteiger partial charge in [-0.25, -0.2) is 9.59 Å². The van der Waals surface area contributed by atoms with E-state index in [0.29, 0.717) is 11.3 Å². The van der Waals surface area contributed by atoms with Crippen LogP contribution in [0.15, 0.2) is 24.3 Å². The first-order valence-corrected chi connectivity index (χ1v) is 5.38. The Bertz CT molecular complexity index is 524. The number of carboxylic acids is 1. The lowest BCUT2D eigenvalue weighted by Crippen LogP contribution is -2.43. The molecule has 0 fully saturated rings. The van der Waals surface area contributed by atoms with Crippen LogP contribution in [0.3, 0.4) is 0 Å². The number of nitrogens with zero attached hydrogens (tertiary/aromatic N) is 2. The molecule has 100 valence electrons. The van der Waals surface area contributed by atoms with E-state index in [-0.39, 0.29) is 0 Å². The molecule has 1 aromatic carbocycles. The summed E-state index contributed by atoms with van der Waals surface area (Å²) in [6.07, 6.45) is -1.65. The minimum absolute atomic E-state index is 0.392. The van der Waals surface area contributed by atoms with Gasteiger partial charge in [0.1, 0.15) is 0 Å². The average molecular weight is 263 g/mol. The number of carbonyl (C=O) groups excluding carboxylic acids is 1. The van der Waals surface area contributed by atoms with Gasteiger partial charge in [-0.2, -0.15) is 5.26 Å². The number of hydrogen-bond acceptors (Lipinski definition) is 4. The Hall–Kier alpha value is -2.59. The molecular formula is C12H13N3O4. The fourth-order valence-corrected chi connectivity index (χ4v) is 1.29. The third-order valence-corrected chi connectivity index (χ3v) is 2.40. The van der Waals surface area contributed by atoms with Gasteiger partial charge in [-0.15, -0.1) is 0 Å². The molecule has 0 heterocycles. The first-order valence-electron chi connectivity index (χ1n) is 5.38. The van der Waals surface area contributed by atoms with E-state index in [1.54, 1.807) is 18.2 Å². The second-order valence-electron chi connectivity index (χ2n) is 3.76. The first-order chi connectivity index (χ1) is 8.95. The zero-order valence-corrected chi connectivity index (χ0v) is 10.2. The predicted molar refractivity (Wildman–Crippen MR) is 66.6 cm³/mol. The van der Waals surface area contributed by atoms with Gasteiger partial charge in [0.15, 0.2) is 6.10 Å². The summed E-state index contributed by atoms with van der Waals surface area (Å²) in [4.78, 5) is 23.3. The molecule has 1 rings (SSSR count). The molecule has 0 bridgehead atoms. The number of anilines is 1. The van der Waals surface area contributed by atoms with Gasteiger partial charge < -0.3 is 15.5 Å². The summed E-state index contributed by atoms with van der Waals surface area (Å²) in [5, 5.41) is 28.5. The Kier molecular flexibility index (Phi) is 4.85. The van der Waals surface area contributed by atoms with E-state index in [1.807, 2.05) is 6.07 Å². The number of nitriles is 1. The summed E-state index contributed by atoms with van der Waals surface area (Å²) in [5.41, 5.74) is 0.893. The molecule has 0 radical (unpaired) electrons. The molecule has 1 atom stereocenters. The van der Waals surface area contributed by atoms with Gasteiger partial charge in [0, 0.05) is 12.7 Å². The van der Waals surface area contributed by atoms with Crippen LogP contribution in [-0.2, 0) is 4.79 Å². The van der Waals surface area contributed by atoms with Crippen molar-refractivity contribution in [2.24, 2.45) is 0 Å². The van der Waals surface area contributed by atoms with Crippen molar-refractivity contribution in [2.75, 3.05) is 18.5 Å². The highest BCUT2D eigenvalue weighted by Gasteiger charge is 2.16. The molecule has 7 nitrogen and oxygen atoms in total. The van der Waals surface area contributed by atoms with Crippen molar-refractivity contribution in [2.45, 2.75) is 6.10 Å². The van der Waals surface area contributed by atoms with Crippen molar-refractivity contribution in [3.05, 3.63) is 29.8 Å². The molecule has 7 heteroatoms. The van der Waals surface area contributed by atoms with Crippen molar-refractivity contribution < 1.29 is 19.8 Å². The minimum Gasteiger partial charge on any atom is -0.479 e. The summed E-state index contributed by atoms with van der Waals surface area (Å²) in [6, 6.07) is 7.76. The van der Waals surface area contributed by atoms with E-state index < -0.39 is 24.6 Å². The molecule has 2 amide bonds. The van der Waals surface area contributed by atoms with Gasteiger partial charge in [0.2, 0.25) is 0 Å². The fraction of sp³-hybridized carbons (Fsp3) is 0.250. The van der Waals surface area contributed by atoms with Gasteiger partial charge >= 0.3 is 12.0 Å². The lowest BCUT2D eigenvalue weighted by atomic mass is 10.2. The molecule has 0 aliphatic heterocycles. The third kappa shape index (κ3) is 3.97. The Labute approximate surface area is 109 Å². The number of aliphatic hydroxyl groups is 1. The Balaban J connectivity index is 2.66. The molecule has 0 aliphatic rings. The zero-order chi connectivity index (χ0) is 14.4. The number of amides is 2. The van der Waals surface area contributed by atoms with Crippen molar-refractivity contribution >= 4 is 17.7 Å². The topological polar surface area (TPSA) is 114 Å². The van der Waals surface area contributed by atoms with E-state index in [4.69, 9.17) is 15.5 Å². The Morgan fingerprint density at radius 3 is 2.79 bits per heavy atom. The number of urea groups is 1. The minimum atomic E-state index is -1.65. The summed E-state index contributed by atoms with van der Waals surface area (Å²) in [6.45, 7) is -0.392. The molecule has 0 saturated heterocycles. The van der Waals surface area contributed by atoms with Crippen molar-refractivity contribution in [3.8, 4) is 6.07 Å². The van der Waals surface area contributed by atoms with Crippen LogP contribution < -0.4 is 10.2 Å². The van der Waals surface area contributed by atoms with Crippen LogP contribution in [-0.4, -0.2) is 41.9 Å². The van der Waals surface area contributed by atoms with Gasteiger partial charge in [-0.05, 0) is 18.2 Å². The highest BCUT2D eigenvalue weighted by Crippen LogP contribution is 2.14. The van der Waals surface area contributed by atoms with Crippen molar-refractivity contribution in [1.29, 1.82) is 5.26 Å². The standard InChI is InChI=1S/C12H13N3O4/c1-15(9-4-2-3-8(5-9)6-13)12(19)14-7-10(16)11(17)18/h2-5,10,16H,7H2,1H3,(H,14,19)(H,17,18)/t10-/m0/s1. The van der Waals surface area contributed by atoms with E-state index in [1.165, 1.54) is 18.0 Å². The highest BCUT2D eigenvalue weighted by molar-refractivity contribution is 5.91. The van der Waals surface area contributed by atoms with Crippen LogP contribution in [0.25, 0.3) is 0 Å². The normalized spacial score (nSPS) is 11.2. The summed E-state index contributed by atoms with van der Waals surface area (Å²) >= 11 is 0. The molecule has 0 aromatic heterocycles. The van der Waals surface area contributed by atoms with Crippen LogP contribution in [0, 0.1) is 11.3 Å². The van der Waals surface area contributed by atoms with Crippen molar-refractivity contribution in [3.63, 3.8) is 0 Å². The Morgan fingerprint density at radius 2 is 2.21 bits per heavy atom. The summed E-state index contributed by atoms with van der Waals surface area (Å²) in [7, 11) is 1.47. The van der Waals surface area contributed by atoms with Gasteiger partial charge in [0.25, 0.3) is 0 Å². The monoisotopic (exact) mass is 263 g/mol. The number of aliphatic carboxylic acids is 1. The maximum atomic E-state index is 11.7. The predicted octanol–water partition coefficient (Wildman–Crippen LogP) is 0.150. The van der Waals surface area contributed by atoms with E-state index in [9.17, 15) is 9.59 Å². The van der Waals surface area contributed by atoms with E-state index >= 15 is 0 Å². The van der Waals surface area contributed by atoms with Crippen LogP contribution in [0.2, 0.25) is 0 Å². The van der Waals surface area contributed by atoms with Gasteiger partial charge in [-0.3, -0.25) is 4.90 Å². The van der Waals surface area contributed by atoms with Crippen LogP contribution in [0.4, 0.5) is 10.5 Å². The van der Waals surface area contributed by atoms with Crippen molar-refractivity contribution in [1.82, 2.24) is 5.32 Å². The summed E-state index contributed by atoms with van der Waals surface area (Å²) < 4.78 is 0. The van der Waals surface area contributed by atoms with Gasteiger partial charge in [-0.1, -0.05) is 6.07 Å².